The number of hydrogen-bond donors (Lipinski definition) is 1. The Morgan fingerprint density at radius 3 is 2.47 bits per heavy atom. The number of hydrogen-bond acceptors (Lipinski definition) is 3. The second-order valence-corrected chi connectivity index (χ2v) is 6.95. The van der Waals surface area contributed by atoms with Gasteiger partial charge in [-0.25, -0.2) is 0 Å². The summed E-state index contributed by atoms with van der Waals surface area (Å²) in [6.45, 7) is 8.88. The van der Waals surface area contributed by atoms with E-state index in [4.69, 9.17) is 5.11 Å². The molecule has 19 heavy (non-hydrogen) atoms. The lowest BCUT2D eigenvalue weighted by Gasteiger charge is -2.38. The van der Waals surface area contributed by atoms with Crippen LogP contribution in [0.2, 0.25) is 0 Å². The zero-order valence-electron chi connectivity index (χ0n) is 12.4. The number of nitrogens with zero attached hydrogens (tertiary/aromatic N) is 2. The predicted octanol–water partition coefficient (Wildman–Crippen LogP) is 2.05. The molecule has 2 rings (SSSR count). The molecule has 1 heterocycles. The van der Waals surface area contributed by atoms with Crippen LogP contribution in [0.5, 0.6) is 0 Å². The van der Waals surface area contributed by atoms with Gasteiger partial charge in [0.15, 0.2) is 0 Å². The van der Waals surface area contributed by atoms with Crippen LogP contribution in [-0.4, -0.2) is 59.6 Å². The summed E-state index contributed by atoms with van der Waals surface area (Å²) in [6.07, 6.45) is 6.65. The Morgan fingerprint density at radius 1 is 1.16 bits per heavy atom. The lowest BCUT2D eigenvalue weighted by Crippen LogP contribution is -2.51. The molecule has 0 amide bonds. The minimum atomic E-state index is -0.704. The minimum absolute atomic E-state index is 0.200. The van der Waals surface area contributed by atoms with Crippen molar-refractivity contribution in [2.75, 3.05) is 32.7 Å². The fraction of sp³-hybridized carbons (Fsp3) is 0.933. The van der Waals surface area contributed by atoms with Crippen LogP contribution in [0.4, 0.5) is 0 Å². The first-order valence-electron chi connectivity index (χ1n) is 7.64. The molecular weight excluding hydrogens is 240 g/mol. The molecule has 1 saturated carbocycles. The zero-order valence-corrected chi connectivity index (χ0v) is 12.4. The summed E-state index contributed by atoms with van der Waals surface area (Å²) in [5.41, 5.74) is 0.514. The van der Waals surface area contributed by atoms with E-state index in [1.165, 1.54) is 32.1 Å². The smallest absolute Gasteiger partial charge is 0.317 e. The van der Waals surface area contributed by atoms with E-state index in [-0.39, 0.29) is 6.54 Å². The molecule has 1 aliphatic carbocycles. The van der Waals surface area contributed by atoms with Gasteiger partial charge in [-0.3, -0.25) is 14.6 Å². The second-order valence-electron chi connectivity index (χ2n) is 6.95. The lowest BCUT2D eigenvalue weighted by atomic mass is 9.85. The minimum Gasteiger partial charge on any atom is -0.480 e. The molecule has 0 aromatic carbocycles. The van der Waals surface area contributed by atoms with E-state index in [1.54, 1.807) is 0 Å². The van der Waals surface area contributed by atoms with Gasteiger partial charge in [0.25, 0.3) is 0 Å². The normalized spacial score (nSPS) is 29.9. The highest BCUT2D eigenvalue weighted by Gasteiger charge is 2.29. The highest BCUT2D eigenvalue weighted by Crippen LogP contribution is 2.35. The molecular formula is C15H28N2O2. The maximum atomic E-state index is 10.7. The monoisotopic (exact) mass is 268 g/mol. The van der Waals surface area contributed by atoms with Crippen LogP contribution in [0.25, 0.3) is 0 Å². The van der Waals surface area contributed by atoms with Crippen molar-refractivity contribution in [3.05, 3.63) is 0 Å². The van der Waals surface area contributed by atoms with Crippen LogP contribution < -0.4 is 0 Å². The molecule has 1 saturated heterocycles. The molecule has 1 atom stereocenters. The van der Waals surface area contributed by atoms with Gasteiger partial charge in [-0.1, -0.05) is 20.3 Å². The number of piperazine rings is 1. The third-order valence-corrected chi connectivity index (χ3v) is 4.83. The summed E-state index contributed by atoms with van der Waals surface area (Å²) in [5.74, 6) is -0.704. The van der Waals surface area contributed by atoms with Gasteiger partial charge in [0.2, 0.25) is 0 Å². The Balaban J connectivity index is 1.79. The van der Waals surface area contributed by atoms with Crippen molar-refractivity contribution in [3.8, 4) is 0 Å². The molecule has 2 fully saturated rings. The van der Waals surface area contributed by atoms with Crippen LogP contribution in [0.15, 0.2) is 0 Å². The molecule has 0 spiro atoms. The molecule has 1 N–H and O–H groups in total. The van der Waals surface area contributed by atoms with Crippen LogP contribution >= 0.6 is 0 Å². The van der Waals surface area contributed by atoms with Crippen LogP contribution in [0.3, 0.4) is 0 Å². The lowest BCUT2D eigenvalue weighted by molar-refractivity contribution is -0.138. The Kier molecular flexibility index (Phi) is 4.85. The topological polar surface area (TPSA) is 43.8 Å². The quantitative estimate of drug-likeness (QED) is 0.796. The maximum absolute atomic E-state index is 10.7. The number of aliphatic carboxylic acids is 1. The van der Waals surface area contributed by atoms with Crippen molar-refractivity contribution in [3.63, 3.8) is 0 Å². The van der Waals surface area contributed by atoms with Gasteiger partial charge < -0.3 is 5.11 Å². The molecule has 0 bridgehead atoms. The van der Waals surface area contributed by atoms with Crippen LogP contribution in [0.1, 0.15) is 46.0 Å². The average Bonchev–Trinajstić information content (AvgIpc) is 2.51. The van der Waals surface area contributed by atoms with E-state index in [0.717, 1.165) is 32.2 Å². The highest BCUT2D eigenvalue weighted by molar-refractivity contribution is 5.69. The summed E-state index contributed by atoms with van der Waals surface area (Å²) < 4.78 is 0. The third kappa shape index (κ3) is 4.46. The first-order chi connectivity index (χ1) is 8.96. The average molecular weight is 268 g/mol. The number of carbonyl (C=O) groups is 1. The fourth-order valence-corrected chi connectivity index (χ4v) is 3.49. The molecule has 4 heteroatoms. The van der Waals surface area contributed by atoms with Gasteiger partial charge in [0.1, 0.15) is 0 Å². The SMILES string of the molecule is CC1(C)CCCC(N2CCN(CC(=O)O)CC2)CC1. The summed E-state index contributed by atoms with van der Waals surface area (Å²) in [4.78, 5) is 15.4. The Hall–Kier alpha value is -0.610. The molecule has 110 valence electrons. The highest BCUT2D eigenvalue weighted by atomic mass is 16.4. The van der Waals surface area contributed by atoms with E-state index >= 15 is 0 Å². The van der Waals surface area contributed by atoms with Crippen molar-refractivity contribution in [2.24, 2.45) is 5.41 Å². The molecule has 1 aliphatic heterocycles. The van der Waals surface area contributed by atoms with Crippen LogP contribution in [-0.2, 0) is 4.79 Å². The standard InChI is InChI=1S/C15H28N2O2/c1-15(2)6-3-4-13(5-7-15)17-10-8-16(9-11-17)12-14(18)19/h13H,3-12H2,1-2H3,(H,18,19). The van der Waals surface area contributed by atoms with Gasteiger partial charge in [-0.2, -0.15) is 0 Å². The van der Waals surface area contributed by atoms with Gasteiger partial charge in [0, 0.05) is 32.2 Å². The first-order valence-corrected chi connectivity index (χ1v) is 7.64. The summed E-state index contributed by atoms with van der Waals surface area (Å²) in [6, 6.07) is 0.730. The summed E-state index contributed by atoms with van der Waals surface area (Å²) >= 11 is 0. The predicted molar refractivity (Wildman–Crippen MR) is 76.3 cm³/mol. The van der Waals surface area contributed by atoms with Crippen molar-refractivity contribution < 1.29 is 9.90 Å². The van der Waals surface area contributed by atoms with Gasteiger partial charge in [-0.15, -0.1) is 0 Å². The maximum Gasteiger partial charge on any atom is 0.317 e. The van der Waals surface area contributed by atoms with Gasteiger partial charge in [0.05, 0.1) is 6.54 Å². The molecule has 0 radical (unpaired) electrons. The largest absolute Gasteiger partial charge is 0.480 e. The van der Waals surface area contributed by atoms with Gasteiger partial charge >= 0.3 is 5.97 Å². The molecule has 0 aromatic rings. The first kappa shape index (κ1) is 14.8. The number of carboxylic acids is 1. The number of carboxylic acid groups (broad SMARTS) is 1. The Bertz CT molecular complexity index is 309. The van der Waals surface area contributed by atoms with E-state index in [9.17, 15) is 4.79 Å². The van der Waals surface area contributed by atoms with E-state index in [1.807, 2.05) is 0 Å². The third-order valence-electron chi connectivity index (χ3n) is 4.83. The Labute approximate surface area is 116 Å². The van der Waals surface area contributed by atoms with E-state index < -0.39 is 5.97 Å². The molecule has 1 unspecified atom stereocenters. The van der Waals surface area contributed by atoms with Crippen molar-refractivity contribution in [1.29, 1.82) is 0 Å². The van der Waals surface area contributed by atoms with Crippen molar-refractivity contribution in [2.45, 2.75) is 52.0 Å². The van der Waals surface area contributed by atoms with E-state index in [2.05, 4.69) is 23.6 Å². The van der Waals surface area contributed by atoms with Crippen molar-refractivity contribution in [1.82, 2.24) is 9.80 Å². The summed E-state index contributed by atoms with van der Waals surface area (Å²) in [5, 5.41) is 8.82. The van der Waals surface area contributed by atoms with Crippen LogP contribution in [0, 0.1) is 5.41 Å². The molecule has 0 aromatic heterocycles. The summed E-state index contributed by atoms with van der Waals surface area (Å²) in [7, 11) is 0. The van der Waals surface area contributed by atoms with E-state index in [0.29, 0.717) is 5.41 Å². The molecule has 4 nitrogen and oxygen atoms in total. The molecule has 2 aliphatic rings. The second kappa shape index (κ2) is 6.23. The van der Waals surface area contributed by atoms with Crippen molar-refractivity contribution >= 4 is 5.97 Å². The Morgan fingerprint density at radius 2 is 1.84 bits per heavy atom. The zero-order chi connectivity index (χ0) is 13.9. The fourth-order valence-electron chi connectivity index (χ4n) is 3.49. The number of rotatable bonds is 3. The van der Waals surface area contributed by atoms with Gasteiger partial charge in [-0.05, 0) is 31.1 Å².